The van der Waals surface area contributed by atoms with E-state index >= 15 is 0 Å². The van der Waals surface area contributed by atoms with Gasteiger partial charge in [0.1, 0.15) is 14.1 Å². The van der Waals surface area contributed by atoms with E-state index in [2.05, 4.69) is 0 Å². The maximum atomic E-state index is 5.14. The van der Waals surface area contributed by atoms with E-state index in [-0.39, 0.29) is 17.7 Å². The number of nitrogens with zero attached hydrogens (tertiary/aromatic N) is 1. The summed E-state index contributed by atoms with van der Waals surface area (Å²) in [7, 11) is 3.74. The van der Waals surface area contributed by atoms with Crippen LogP contribution in [0.25, 0.3) is 0 Å². The summed E-state index contributed by atoms with van der Waals surface area (Å²) in [5.74, 6) is 0. The van der Waals surface area contributed by atoms with Crippen LogP contribution in [0.5, 0.6) is 0 Å². The molecule has 0 atom stereocenters. The number of hydrogen-bond acceptors (Lipinski definition) is 0. The van der Waals surface area contributed by atoms with Crippen LogP contribution < -0.4 is 12.4 Å². The Balaban J connectivity index is -0.0000000800. The first-order valence-electron chi connectivity index (χ1n) is 1.91. The lowest BCUT2D eigenvalue weighted by Crippen LogP contribution is -3.00. The zero-order valence-corrected chi connectivity index (χ0v) is 8.27. The highest BCUT2D eigenvalue weighted by molar-refractivity contribution is 6.54. The third-order valence-corrected chi connectivity index (χ3v) is 0.586. The van der Waals surface area contributed by atoms with Gasteiger partial charge < -0.3 is 12.4 Å². The van der Waals surface area contributed by atoms with Gasteiger partial charge in [0.25, 0.3) is 0 Å². The van der Waals surface area contributed by atoms with E-state index in [0.717, 1.165) is 0 Å². The van der Waals surface area contributed by atoms with Crippen LogP contribution in [0.3, 0.4) is 0 Å². The summed E-state index contributed by atoms with van der Waals surface area (Å²) in [5.41, 5.74) is 1.47. The highest BCUT2D eigenvalue weighted by Crippen LogP contribution is 1.73. The monoisotopic (exact) mass is 211 g/mol. The molecule has 0 rings (SSSR count). The van der Waals surface area contributed by atoms with Crippen molar-refractivity contribution < 1.29 is 17.0 Å². The zero-order chi connectivity index (χ0) is 6.99. The molecule has 0 bridgehead atoms. The minimum atomic E-state index is 0. The molecule has 5 heteroatoms. The molecule has 0 aliphatic rings. The van der Waals surface area contributed by atoms with Gasteiger partial charge in [-0.3, -0.25) is 0 Å². The van der Waals surface area contributed by atoms with Crippen LogP contribution in [0.1, 0.15) is 0 Å². The van der Waals surface area contributed by atoms with Gasteiger partial charge in [0.2, 0.25) is 5.67 Å². The molecule has 0 aromatic heterocycles. The molecule has 58 valence electrons. The van der Waals surface area contributed by atoms with E-state index in [0.29, 0.717) is 0 Å². The first kappa shape index (κ1) is 16.4. The SMILES string of the molecule is C[N+](C)=CCl.ClCCl.[Cl-]. The van der Waals surface area contributed by atoms with Crippen LogP contribution in [0.15, 0.2) is 0 Å². The van der Waals surface area contributed by atoms with Gasteiger partial charge in [0.05, 0.1) is 5.34 Å². The molecule has 0 heterocycles. The fourth-order valence-electron chi connectivity index (χ4n) is 0. The Morgan fingerprint density at radius 1 is 1.33 bits per heavy atom. The molecule has 0 fully saturated rings. The number of halogens is 4. The molecule has 0 unspecified atom stereocenters. The second kappa shape index (κ2) is 15.9. The van der Waals surface area contributed by atoms with Crippen molar-refractivity contribution in [2.75, 3.05) is 19.4 Å². The number of hydrogen-bond donors (Lipinski definition) is 0. The van der Waals surface area contributed by atoms with Gasteiger partial charge in [-0.25, -0.2) is 4.58 Å². The minimum Gasteiger partial charge on any atom is -1.00 e. The third-order valence-electron chi connectivity index (χ3n) is 0.195. The Kier molecular flexibility index (Phi) is 29.1. The van der Waals surface area contributed by atoms with Gasteiger partial charge in [0, 0.05) is 0 Å². The van der Waals surface area contributed by atoms with E-state index in [4.69, 9.17) is 34.8 Å². The molecule has 0 radical (unpaired) electrons. The van der Waals surface area contributed by atoms with E-state index in [1.54, 1.807) is 4.58 Å². The normalized spacial score (nSPS) is 5.89. The first-order valence-corrected chi connectivity index (χ1v) is 3.41. The largest absolute Gasteiger partial charge is 1.00 e. The Hall–Kier alpha value is 0.830. The van der Waals surface area contributed by atoms with Crippen molar-refractivity contribution >= 4 is 40.5 Å². The molecule has 0 aromatic carbocycles. The van der Waals surface area contributed by atoms with Gasteiger partial charge in [-0.1, -0.05) is 0 Å². The zero-order valence-electron chi connectivity index (χ0n) is 5.24. The quantitative estimate of drug-likeness (QED) is 0.274. The second-order valence-electron chi connectivity index (χ2n) is 1.16. The van der Waals surface area contributed by atoms with Gasteiger partial charge in [-0.05, 0) is 11.6 Å². The molecule has 0 amide bonds. The van der Waals surface area contributed by atoms with Crippen molar-refractivity contribution in [2.24, 2.45) is 0 Å². The van der Waals surface area contributed by atoms with Crippen LogP contribution in [0.4, 0.5) is 0 Å². The summed E-state index contributed by atoms with van der Waals surface area (Å²) in [6.07, 6.45) is 0. The molecule has 0 N–H and O–H groups in total. The van der Waals surface area contributed by atoms with Crippen molar-refractivity contribution in [2.45, 2.75) is 0 Å². The molecule has 0 saturated carbocycles. The Bertz CT molecular complexity index is 59.6. The van der Waals surface area contributed by atoms with Crippen LogP contribution >= 0.6 is 34.8 Å². The minimum absolute atomic E-state index is 0. The maximum absolute atomic E-state index is 5.14. The molecule has 9 heavy (non-hydrogen) atoms. The van der Waals surface area contributed by atoms with Crippen LogP contribution in [-0.4, -0.2) is 29.7 Å². The smallest absolute Gasteiger partial charge is 0.232 e. The molecule has 0 spiro atoms. The predicted molar refractivity (Wildman–Crippen MR) is 40.6 cm³/mol. The highest BCUT2D eigenvalue weighted by atomic mass is 35.5. The lowest BCUT2D eigenvalue weighted by molar-refractivity contribution is -0.457. The van der Waals surface area contributed by atoms with E-state index < -0.39 is 0 Å². The average molecular weight is 213 g/mol. The van der Waals surface area contributed by atoms with Crippen molar-refractivity contribution in [1.82, 2.24) is 0 Å². The Morgan fingerprint density at radius 2 is 1.44 bits per heavy atom. The highest BCUT2D eigenvalue weighted by Gasteiger charge is 1.67. The summed E-state index contributed by atoms with van der Waals surface area (Å²) >= 11 is 14.7. The van der Waals surface area contributed by atoms with Crippen molar-refractivity contribution in [3.8, 4) is 0 Å². The number of alkyl halides is 2. The summed E-state index contributed by atoms with van der Waals surface area (Å²) in [6, 6.07) is 0. The Morgan fingerprint density at radius 3 is 1.44 bits per heavy atom. The fraction of sp³-hybridized carbons (Fsp3) is 0.750. The maximum Gasteiger partial charge on any atom is 0.232 e. The summed E-state index contributed by atoms with van der Waals surface area (Å²) in [5, 5.41) is 0.194. The third kappa shape index (κ3) is 51.4. The average Bonchev–Trinajstić information content (AvgIpc) is 1.69. The molecule has 1 nitrogen and oxygen atoms in total. The van der Waals surface area contributed by atoms with Gasteiger partial charge in [-0.2, -0.15) is 0 Å². The van der Waals surface area contributed by atoms with Crippen molar-refractivity contribution in [3.05, 3.63) is 0 Å². The van der Waals surface area contributed by atoms with Gasteiger partial charge in [0.15, 0.2) is 0 Å². The molecule has 0 aliphatic carbocycles. The lowest BCUT2D eigenvalue weighted by atomic mass is 11.1. The predicted octanol–water partition coefficient (Wildman–Crippen LogP) is -1.05. The van der Waals surface area contributed by atoms with Gasteiger partial charge >= 0.3 is 0 Å². The van der Waals surface area contributed by atoms with E-state index in [9.17, 15) is 0 Å². The molecule has 0 aromatic rings. The summed E-state index contributed by atoms with van der Waals surface area (Å²) in [6.45, 7) is 0. The fourth-order valence-corrected chi connectivity index (χ4v) is 0. The van der Waals surface area contributed by atoms with Crippen molar-refractivity contribution in [3.63, 3.8) is 0 Å². The van der Waals surface area contributed by atoms with Crippen LogP contribution in [0, 0.1) is 0 Å². The first-order chi connectivity index (χ1) is 3.68. The van der Waals surface area contributed by atoms with Crippen LogP contribution in [-0.2, 0) is 0 Å². The van der Waals surface area contributed by atoms with Crippen LogP contribution in [0.2, 0.25) is 0 Å². The van der Waals surface area contributed by atoms with Gasteiger partial charge in [-0.15, -0.1) is 23.2 Å². The molecule has 0 saturated heterocycles. The topological polar surface area (TPSA) is 3.01 Å². The summed E-state index contributed by atoms with van der Waals surface area (Å²) < 4.78 is 1.77. The Labute approximate surface area is 77.0 Å². The lowest BCUT2D eigenvalue weighted by Gasteiger charge is -1.70. The second-order valence-corrected chi connectivity index (χ2v) is 2.17. The summed E-state index contributed by atoms with van der Waals surface area (Å²) in [4.78, 5) is 0. The standard InChI is InChI=1S/C3H7ClN.CH2Cl2.ClH/c1-5(2)3-4;2-1-3;/h3H,1-2H3;1H2;1H/q+1;;/p-1. The molecular formula is C4H9Cl4N. The van der Waals surface area contributed by atoms with E-state index in [1.165, 1.54) is 5.67 Å². The molecule has 0 aliphatic heterocycles. The number of rotatable bonds is 0. The van der Waals surface area contributed by atoms with E-state index in [1.807, 2.05) is 14.1 Å². The molecular weight excluding hydrogens is 204 g/mol. The van der Waals surface area contributed by atoms with Crippen molar-refractivity contribution in [1.29, 1.82) is 0 Å².